The fraction of sp³-hybridized carbons (Fsp3) is 0.533. The lowest BCUT2D eigenvalue weighted by atomic mass is 9.97. The predicted octanol–water partition coefficient (Wildman–Crippen LogP) is 1.07. The Morgan fingerprint density at radius 2 is 2.24 bits per heavy atom. The first-order valence-corrected chi connectivity index (χ1v) is 7.85. The van der Waals surface area contributed by atoms with Crippen molar-refractivity contribution in [1.29, 1.82) is 0 Å². The molecule has 1 amide bonds. The van der Waals surface area contributed by atoms with Gasteiger partial charge in [0.25, 0.3) is 5.91 Å². The van der Waals surface area contributed by atoms with Crippen LogP contribution in [0.25, 0.3) is 0 Å². The molecule has 0 aliphatic carbocycles. The van der Waals surface area contributed by atoms with Gasteiger partial charge in [0.1, 0.15) is 10.7 Å². The lowest BCUT2D eigenvalue weighted by Gasteiger charge is -2.35. The van der Waals surface area contributed by atoms with Crippen LogP contribution in [0, 0.1) is 0 Å². The molecule has 2 unspecified atom stereocenters. The van der Waals surface area contributed by atoms with E-state index in [4.69, 9.17) is 18.0 Å². The van der Waals surface area contributed by atoms with Gasteiger partial charge in [-0.25, -0.2) is 0 Å². The largest absolute Gasteiger partial charge is 0.389 e. The summed E-state index contributed by atoms with van der Waals surface area (Å²) in [4.78, 5) is 19.2. The Morgan fingerprint density at radius 1 is 1.38 bits per heavy atom. The summed E-state index contributed by atoms with van der Waals surface area (Å²) in [6.07, 6.45) is 6.17. The summed E-state index contributed by atoms with van der Waals surface area (Å²) in [5.74, 6) is -0.110. The Morgan fingerprint density at radius 3 is 2.95 bits per heavy atom. The zero-order valence-electron chi connectivity index (χ0n) is 11.9. The Hall–Kier alpha value is -1.53. The fourth-order valence-electron chi connectivity index (χ4n) is 3.29. The standard InChI is InChI=1S/C15H20N4OS/c16-14(21)10-3-4-13(17-9-10)15(20)18-11-5-7-19-6-1-2-12(19)8-11/h3-4,9,11-12H,1-2,5-8H2,(H2,16,21)(H,18,20). The van der Waals surface area contributed by atoms with E-state index in [1.165, 1.54) is 19.4 Å². The molecular formula is C15H20N4OS. The normalized spacial score (nSPS) is 25.3. The van der Waals surface area contributed by atoms with E-state index >= 15 is 0 Å². The number of amides is 1. The minimum atomic E-state index is -0.110. The molecule has 1 aromatic rings. The zero-order valence-corrected chi connectivity index (χ0v) is 12.7. The number of aromatic nitrogens is 1. The number of fused-ring (bicyclic) bond motifs is 1. The highest BCUT2D eigenvalue weighted by Crippen LogP contribution is 2.26. The molecule has 2 fully saturated rings. The van der Waals surface area contributed by atoms with Gasteiger partial charge in [-0.3, -0.25) is 9.78 Å². The van der Waals surface area contributed by atoms with Gasteiger partial charge in [-0.2, -0.15) is 0 Å². The van der Waals surface area contributed by atoms with Crippen molar-refractivity contribution in [3.8, 4) is 0 Å². The lowest BCUT2D eigenvalue weighted by molar-refractivity contribution is 0.0891. The van der Waals surface area contributed by atoms with Crippen molar-refractivity contribution in [3.05, 3.63) is 29.6 Å². The number of nitrogens with one attached hydrogen (secondary N) is 1. The molecule has 1 aromatic heterocycles. The van der Waals surface area contributed by atoms with Gasteiger partial charge in [0.05, 0.1) is 0 Å². The average Bonchev–Trinajstić information content (AvgIpc) is 2.95. The summed E-state index contributed by atoms with van der Waals surface area (Å²) in [7, 11) is 0. The van der Waals surface area contributed by atoms with Gasteiger partial charge in [0.15, 0.2) is 0 Å². The molecule has 5 nitrogen and oxygen atoms in total. The first-order valence-electron chi connectivity index (χ1n) is 7.44. The lowest BCUT2D eigenvalue weighted by Crippen LogP contribution is -2.47. The Kier molecular flexibility index (Phi) is 4.17. The molecule has 0 aromatic carbocycles. The third-order valence-electron chi connectivity index (χ3n) is 4.44. The van der Waals surface area contributed by atoms with Crippen LogP contribution in [0.1, 0.15) is 41.7 Å². The molecule has 0 saturated carbocycles. The van der Waals surface area contributed by atoms with E-state index in [9.17, 15) is 4.79 Å². The monoisotopic (exact) mass is 304 g/mol. The SMILES string of the molecule is NC(=S)c1ccc(C(=O)NC2CCN3CCCC3C2)nc1. The van der Waals surface area contributed by atoms with Crippen molar-refractivity contribution in [2.45, 2.75) is 37.8 Å². The molecule has 2 aliphatic heterocycles. The molecule has 3 N–H and O–H groups in total. The highest BCUT2D eigenvalue weighted by Gasteiger charge is 2.32. The van der Waals surface area contributed by atoms with Gasteiger partial charge in [0, 0.05) is 30.4 Å². The highest BCUT2D eigenvalue weighted by molar-refractivity contribution is 7.80. The van der Waals surface area contributed by atoms with Crippen LogP contribution >= 0.6 is 12.2 Å². The Balaban J connectivity index is 1.59. The number of hydrogen-bond acceptors (Lipinski definition) is 4. The van der Waals surface area contributed by atoms with Gasteiger partial charge < -0.3 is 16.0 Å². The summed E-state index contributed by atoms with van der Waals surface area (Å²) in [5, 5.41) is 3.10. The summed E-state index contributed by atoms with van der Waals surface area (Å²) in [6.45, 7) is 2.30. The first-order chi connectivity index (χ1) is 10.1. The maximum Gasteiger partial charge on any atom is 0.270 e. The molecule has 2 aliphatic rings. The van der Waals surface area contributed by atoms with Crippen LogP contribution in [-0.4, -0.2) is 46.0 Å². The smallest absolute Gasteiger partial charge is 0.270 e. The van der Waals surface area contributed by atoms with E-state index < -0.39 is 0 Å². The van der Waals surface area contributed by atoms with E-state index in [2.05, 4.69) is 15.2 Å². The van der Waals surface area contributed by atoms with E-state index in [1.54, 1.807) is 18.3 Å². The molecule has 6 heteroatoms. The maximum absolute atomic E-state index is 12.2. The molecule has 3 heterocycles. The van der Waals surface area contributed by atoms with Crippen molar-refractivity contribution < 1.29 is 4.79 Å². The average molecular weight is 304 g/mol. The number of piperidine rings is 1. The second-order valence-electron chi connectivity index (χ2n) is 5.82. The van der Waals surface area contributed by atoms with Gasteiger partial charge in [-0.05, 0) is 44.4 Å². The molecule has 2 saturated heterocycles. The third-order valence-corrected chi connectivity index (χ3v) is 4.67. The van der Waals surface area contributed by atoms with E-state index in [1.807, 2.05) is 0 Å². The number of pyridine rings is 1. The van der Waals surface area contributed by atoms with Crippen LogP contribution < -0.4 is 11.1 Å². The van der Waals surface area contributed by atoms with Crippen LogP contribution in [0.5, 0.6) is 0 Å². The Bertz CT molecular complexity index is 545. The number of hydrogen-bond donors (Lipinski definition) is 2. The Labute approximate surface area is 129 Å². The van der Waals surface area contributed by atoms with E-state index in [0.717, 1.165) is 19.4 Å². The first kappa shape index (κ1) is 14.4. The van der Waals surface area contributed by atoms with E-state index in [0.29, 0.717) is 22.3 Å². The molecule has 21 heavy (non-hydrogen) atoms. The molecule has 0 spiro atoms. The minimum absolute atomic E-state index is 0.110. The number of carbonyl (C=O) groups excluding carboxylic acids is 1. The summed E-state index contributed by atoms with van der Waals surface area (Å²) in [5.41, 5.74) is 6.63. The van der Waals surface area contributed by atoms with Crippen molar-refractivity contribution in [3.63, 3.8) is 0 Å². The number of carbonyl (C=O) groups is 1. The predicted molar refractivity (Wildman–Crippen MR) is 85.2 cm³/mol. The maximum atomic E-state index is 12.2. The van der Waals surface area contributed by atoms with Crippen molar-refractivity contribution in [2.24, 2.45) is 5.73 Å². The van der Waals surface area contributed by atoms with Crippen molar-refractivity contribution in [1.82, 2.24) is 15.2 Å². The summed E-state index contributed by atoms with van der Waals surface area (Å²) in [6, 6.07) is 4.32. The number of rotatable bonds is 3. The number of nitrogens with two attached hydrogens (primary N) is 1. The second-order valence-corrected chi connectivity index (χ2v) is 6.26. The van der Waals surface area contributed by atoms with Crippen molar-refractivity contribution in [2.75, 3.05) is 13.1 Å². The zero-order chi connectivity index (χ0) is 14.8. The van der Waals surface area contributed by atoms with Gasteiger partial charge in [-0.15, -0.1) is 0 Å². The summed E-state index contributed by atoms with van der Waals surface area (Å²) >= 11 is 4.88. The van der Waals surface area contributed by atoms with Crippen LogP contribution in [0.4, 0.5) is 0 Å². The quantitative estimate of drug-likeness (QED) is 0.818. The van der Waals surface area contributed by atoms with Gasteiger partial charge in [-0.1, -0.05) is 12.2 Å². The molecule has 3 rings (SSSR count). The van der Waals surface area contributed by atoms with Crippen LogP contribution in [0.2, 0.25) is 0 Å². The second kappa shape index (κ2) is 6.07. The van der Waals surface area contributed by atoms with Gasteiger partial charge in [0.2, 0.25) is 0 Å². The topological polar surface area (TPSA) is 71.2 Å². The minimum Gasteiger partial charge on any atom is -0.389 e. The molecule has 2 atom stereocenters. The summed E-state index contributed by atoms with van der Waals surface area (Å²) < 4.78 is 0. The van der Waals surface area contributed by atoms with Crippen LogP contribution in [0.15, 0.2) is 18.3 Å². The third kappa shape index (κ3) is 3.22. The molecule has 0 radical (unpaired) electrons. The van der Waals surface area contributed by atoms with Gasteiger partial charge >= 0.3 is 0 Å². The highest BCUT2D eigenvalue weighted by atomic mass is 32.1. The fourth-order valence-corrected chi connectivity index (χ4v) is 3.41. The molecule has 112 valence electrons. The van der Waals surface area contributed by atoms with Crippen LogP contribution in [0.3, 0.4) is 0 Å². The number of thiocarbonyl (C=S) groups is 1. The molecular weight excluding hydrogens is 284 g/mol. The van der Waals surface area contributed by atoms with Crippen molar-refractivity contribution >= 4 is 23.1 Å². The van der Waals surface area contributed by atoms with E-state index in [-0.39, 0.29) is 11.9 Å². The molecule has 0 bridgehead atoms. The van der Waals surface area contributed by atoms with Crippen LogP contribution in [-0.2, 0) is 0 Å². The number of nitrogens with zero attached hydrogens (tertiary/aromatic N) is 2.